The molecule has 0 N–H and O–H groups in total. The van der Waals surface area contributed by atoms with E-state index in [9.17, 15) is 0 Å². The molecule has 1 heterocycles. The van der Waals surface area contributed by atoms with Gasteiger partial charge in [-0.15, -0.1) is 0 Å². The van der Waals surface area contributed by atoms with Crippen LogP contribution in [0, 0.1) is 0 Å². The first kappa shape index (κ1) is 15.3. The Bertz CT molecular complexity index is 149. The highest BCUT2D eigenvalue weighted by atomic mass is 32.3. The van der Waals surface area contributed by atoms with E-state index in [2.05, 4.69) is 42.5 Å². The van der Waals surface area contributed by atoms with Crippen molar-refractivity contribution in [1.82, 2.24) is 14.8 Å². The van der Waals surface area contributed by atoms with Crippen LogP contribution in [0.3, 0.4) is 0 Å². The van der Waals surface area contributed by atoms with E-state index in [-0.39, 0.29) is 0 Å². The van der Waals surface area contributed by atoms with Crippen LogP contribution in [0.4, 0.5) is 0 Å². The Morgan fingerprint density at radius 2 is 0.688 bits per heavy atom. The quantitative estimate of drug-likeness (QED) is 0.722. The summed E-state index contributed by atoms with van der Waals surface area (Å²) in [6.45, 7) is 12.9. The lowest BCUT2D eigenvalue weighted by Gasteiger charge is -2.35. The van der Waals surface area contributed by atoms with Crippen LogP contribution in [0.2, 0.25) is 0 Å². The maximum Gasteiger partial charge on any atom is 0.0332 e. The van der Waals surface area contributed by atoms with Crippen LogP contribution < -0.4 is 0 Å². The summed E-state index contributed by atoms with van der Waals surface area (Å²) >= 11 is 7.20. The summed E-state index contributed by atoms with van der Waals surface area (Å²) in [4.78, 5) is 0. The molecule has 0 aromatic heterocycles. The van der Waals surface area contributed by atoms with E-state index in [0.717, 1.165) is 26.2 Å². The van der Waals surface area contributed by atoms with Gasteiger partial charge in [-0.1, -0.05) is 27.7 Å². The van der Waals surface area contributed by atoms with Crippen LogP contribution >= 0.6 is 48.5 Å². The van der Waals surface area contributed by atoms with Crippen molar-refractivity contribution in [3.05, 3.63) is 0 Å². The monoisotopic (exact) mass is 300 g/mol. The highest BCUT2D eigenvalue weighted by Crippen LogP contribution is 2.42. The molecule has 0 aliphatic carbocycles. The number of rotatable bonds is 4. The predicted molar refractivity (Wildman–Crippen MR) is 79.9 cm³/mol. The SMILES string of the molecule is CCN1SN(CC)SN(CC)SN(CC)S1. The molecule has 1 aliphatic heterocycles. The summed E-state index contributed by atoms with van der Waals surface area (Å²) in [6.07, 6.45) is 0. The van der Waals surface area contributed by atoms with Crippen LogP contribution in [0.5, 0.6) is 0 Å². The summed E-state index contributed by atoms with van der Waals surface area (Å²) in [5.74, 6) is 0. The van der Waals surface area contributed by atoms with Gasteiger partial charge in [0.05, 0.1) is 0 Å². The van der Waals surface area contributed by atoms with Gasteiger partial charge in [-0.2, -0.15) is 14.8 Å². The highest BCUT2D eigenvalue weighted by Gasteiger charge is 2.24. The Kier molecular flexibility index (Phi) is 7.99. The van der Waals surface area contributed by atoms with E-state index >= 15 is 0 Å². The van der Waals surface area contributed by atoms with Crippen molar-refractivity contribution < 1.29 is 0 Å². The lowest BCUT2D eigenvalue weighted by Crippen LogP contribution is -2.28. The molecule has 1 aliphatic rings. The third kappa shape index (κ3) is 4.85. The van der Waals surface area contributed by atoms with Gasteiger partial charge in [0.25, 0.3) is 0 Å². The standard InChI is InChI=1S/C8H20N4S4/c1-5-9-13-10(6-2)15-12(8-4)16-11(7-3)14-9/h5-8H2,1-4H3. The molecule has 1 fully saturated rings. The summed E-state index contributed by atoms with van der Waals surface area (Å²) < 4.78 is 9.22. The summed E-state index contributed by atoms with van der Waals surface area (Å²) in [5.41, 5.74) is 0. The van der Waals surface area contributed by atoms with Crippen molar-refractivity contribution >= 4 is 48.5 Å². The molecule has 0 atom stereocenters. The Balaban J connectivity index is 2.61. The third-order valence-electron chi connectivity index (χ3n) is 1.76. The molecule has 0 bridgehead atoms. The van der Waals surface area contributed by atoms with Gasteiger partial charge >= 0.3 is 0 Å². The largest absolute Gasteiger partial charge is 0.166 e. The van der Waals surface area contributed by atoms with Crippen molar-refractivity contribution in [1.29, 1.82) is 0 Å². The summed E-state index contributed by atoms with van der Waals surface area (Å²) in [7, 11) is 0. The zero-order chi connectivity index (χ0) is 12.0. The smallest absolute Gasteiger partial charge is 0.0332 e. The normalized spacial score (nSPS) is 23.2. The van der Waals surface area contributed by atoms with Gasteiger partial charge < -0.3 is 0 Å². The van der Waals surface area contributed by atoms with Crippen LogP contribution in [0.1, 0.15) is 27.7 Å². The van der Waals surface area contributed by atoms with Gasteiger partial charge in [0, 0.05) is 74.7 Å². The maximum atomic E-state index is 2.31. The molecular weight excluding hydrogens is 280 g/mol. The fourth-order valence-corrected chi connectivity index (χ4v) is 5.58. The fourth-order valence-electron chi connectivity index (χ4n) is 0.928. The molecule has 0 aromatic rings. The minimum absolute atomic E-state index is 1.04. The van der Waals surface area contributed by atoms with Crippen LogP contribution in [-0.2, 0) is 0 Å². The average Bonchev–Trinajstić information content (AvgIpc) is 2.29. The lowest BCUT2D eigenvalue weighted by molar-refractivity contribution is 0.634. The Hall–Kier alpha value is 1.24. The van der Waals surface area contributed by atoms with Crippen LogP contribution in [0.25, 0.3) is 0 Å². The Morgan fingerprint density at radius 1 is 0.500 bits per heavy atom. The average molecular weight is 301 g/mol. The van der Waals surface area contributed by atoms with Gasteiger partial charge in [-0.05, 0) is 0 Å². The van der Waals surface area contributed by atoms with Gasteiger partial charge in [-0.25, -0.2) is 0 Å². The second-order valence-electron chi connectivity index (χ2n) is 2.92. The highest BCUT2D eigenvalue weighted by molar-refractivity contribution is 8.24. The van der Waals surface area contributed by atoms with E-state index in [1.165, 1.54) is 0 Å². The second-order valence-corrected chi connectivity index (χ2v) is 8.03. The van der Waals surface area contributed by atoms with E-state index in [4.69, 9.17) is 0 Å². The zero-order valence-corrected chi connectivity index (χ0v) is 13.5. The first-order valence-electron chi connectivity index (χ1n) is 5.55. The molecule has 0 aromatic carbocycles. The molecule has 1 saturated heterocycles. The molecule has 0 unspecified atom stereocenters. The first-order chi connectivity index (χ1) is 7.73. The van der Waals surface area contributed by atoms with Crippen molar-refractivity contribution in [2.75, 3.05) is 26.2 Å². The minimum atomic E-state index is 1.04. The predicted octanol–water partition coefficient (Wildman–Crippen LogP) is 3.54. The molecule has 0 radical (unpaired) electrons. The fraction of sp³-hybridized carbons (Fsp3) is 1.00. The first-order valence-corrected chi connectivity index (χ1v) is 8.48. The van der Waals surface area contributed by atoms with Gasteiger partial charge in [0.15, 0.2) is 0 Å². The van der Waals surface area contributed by atoms with Gasteiger partial charge in [0.1, 0.15) is 0 Å². The van der Waals surface area contributed by atoms with Crippen LogP contribution in [0.15, 0.2) is 0 Å². The Morgan fingerprint density at radius 3 is 0.812 bits per heavy atom. The molecular formula is C8H20N4S4. The van der Waals surface area contributed by atoms with E-state index in [0.29, 0.717) is 0 Å². The van der Waals surface area contributed by atoms with E-state index in [1.807, 2.05) is 0 Å². The summed E-state index contributed by atoms with van der Waals surface area (Å²) in [5, 5.41) is 0. The van der Waals surface area contributed by atoms with E-state index in [1.54, 1.807) is 48.5 Å². The molecule has 8 heteroatoms. The molecule has 96 valence electrons. The molecule has 0 spiro atoms. The maximum absolute atomic E-state index is 2.31. The van der Waals surface area contributed by atoms with Crippen molar-refractivity contribution in [3.63, 3.8) is 0 Å². The number of hydrogen-bond acceptors (Lipinski definition) is 8. The topological polar surface area (TPSA) is 13.0 Å². The van der Waals surface area contributed by atoms with Crippen molar-refractivity contribution in [2.45, 2.75) is 27.7 Å². The van der Waals surface area contributed by atoms with Crippen molar-refractivity contribution in [3.8, 4) is 0 Å². The number of nitrogens with zero attached hydrogens (tertiary/aromatic N) is 4. The van der Waals surface area contributed by atoms with Gasteiger partial charge in [-0.3, -0.25) is 0 Å². The van der Waals surface area contributed by atoms with Gasteiger partial charge in [0.2, 0.25) is 0 Å². The number of hydrogen-bond donors (Lipinski definition) is 0. The minimum Gasteiger partial charge on any atom is -0.166 e. The molecule has 4 nitrogen and oxygen atoms in total. The lowest BCUT2D eigenvalue weighted by atomic mass is 10.8. The summed E-state index contributed by atoms with van der Waals surface area (Å²) in [6, 6.07) is 0. The molecule has 1 rings (SSSR count). The second kappa shape index (κ2) is 8.36. The molecule has 0 amide bonds. The Labute approximate surface area is 117 Å². The molecule has 0 saturated carbocycles. The zero-order valence-electron chi connectivity index (χ0n) is 10.3. The van der Waals surface area contributed by atoms with E-state index < -0.39 is 0 Å². The van der Waals surface area contributed by atoms with Crippen LogP contribution in [-0.4, -0.2) is 41.0 Å². The third-order valence-corrected chi connectivity index (χ3v) is 6.88. The van der Waals surface area contributed by atoms with Crippen molar-refractivity contribution in [2.24, 2.45) is 0 Å². The molecule has 16 heavy (non-hydrogen) atoms.